The molecule has 2 fully saturated rings. The first-order chi connectivity index (χ1) is 9.36. The minimum Gasteiger partial charge on any atom is -0.505 e. The fourth-order valence-corrected chi connectivity index (χ4v) is 3.89. The fraction of sp³-hybridized carbons (Fsp3) is 0.882. The van der Waals surface area contributed by atoms with E-state index in [-0.39, 0.29) is 0 Å². The molecular weight excluding hydrogens is 236 g/mol. The Hall–Kier alpha value is -0.500. The average molecular weight is 266 g/mol. The summed E-state index contributed by atoms with van der Waals surface area (Å²) in [4.78, 5) is 0. The minimum absolute atomic E-state index is 0.469. The monoisotopic (exact) mass is 266 g/mol. The van der Waals surface area contributed by atoms with Crippen LogP contribution >= 0.6 is 0 Å². The van der Waals surface area contributed by atoms with Gasteiger partial charge in [0.15, 0.2) is 0 Å². The van der Waals surface area contributed by atoms with Crippen molar-refractivity contribution >= 4 is 0 Å². The second-order valence-electron chi connectivity index (χ2n) is 6.22. The average Bonchev–Trinajstić information content (AvgIpc) is 3.01. The molecule has 2 bridgehead atoms. The zero-order valence-corrected chi connectivity index (χ0v) is 12.6. The number of unbranched alkanes of at least 4 members (excludes halogenated alkanes) is 4. The highest BCUT2D eigenvalue weighted by Crippen LogP contribution is 2.50. The molecule has 0 aromatic rings. The van der Waals surface area contributed by atoms with E-state index in [2.05, 4.69) is 13.0 Å². The van der Waals surface area contributed by atoms with Crippen LogP contribution in [0.15, 0.2) is 12.3 Å². The SMILES string of the molecule is CCCCCCCO[C@H]1[C@@H]2CC[C@@H](C2)[C@@H]1/C=C/OC. The smallest absolute Gasteiger partial charge is 0.0788 e. The lowest BCUT2D eigenvalue weighted by molar-refractivity contribution is -0.00807. The summed E-state index contributed by atoms with van der Waals surface area (Å²) >= 11 is 0. The number of hydrogen-bond acceptors (Lipinski definition) is 2. The van der Waals surface area contributed by atoms with Gasteiger partial charge in [0.25, 0.3) is 0 Å². The van der Waals surface area contributed by atoms with Gasteiger partial charge in [-0.1, -0.05) is 32.6 Å². The van der Waals surface area contributed by atoms with Crippen LogP contribution in [0.1, 0.15) is 58.3 Å². The molecule has 0 unspecified atom stereocenters. The Morgan fingerprint density at radius 2 is 1.84 bits per heavy atom. The van der Waals surface area contributed by atoms with Crippen LogP contribution in [-0.2, 0) is 9.47 Å². The number of fused-ring (bicyclic) bond motifs is 2. The Kier molecular flexibility index (Phi) is 6.22. The Morgan fingerprint density at radius 3 is 2.63 bits per heavy atom. The van der Waals surface area contributed by atoms with Crippen molar-refractivity contribution in [3.05, 3.63) is 12.3 Å². The molecule has 0 heterocycles. The van der Waals surface area contributed by atoms with Gasteiger partial charge in [-0.15, -0.1) is 0 Å². The lowest BCUT2D eigenvalue weighted by Gasteiger charge is -2.29. The molecule has 0 aromatic heterocycles. The zero-order chi connectivity index (χ0) is 13.5. The second-order valence-corrected chi connectivity index (χ2v) is 6.22. The normalized spacial score (nSPS) is 33.4. The Bertz CT molecular complexity index is 274. The van der Waals surface area contributed by atoms with Gasteiger partial charge < -0.3 is 9.47 Å². The number of rotatable bonds is 9. The molecule has 2 rings (SSSR count). The van der Waals surface area contributed by atoms with E-state index in [0.717, 1.165) is 18.4 Å². The molecule has 2 saturated carbocycles. The maximum atomic E-state index is 6.22. The molecule has 0 aliphatic heterocycles. The van der Waals surface area contributed by atoms with Crippen LogP contribution in [-0.4, -0.2) is 19.8 Å². The summed E-state index contributed by atoms with van der Waals surface area (Å²) in [6.07, 6.45) is 15.3. The molecule has 2 aliphatic carbocycles. The largest absolute Gasteiger partial charge is 0.505 e. The van der Waals surface area contributed by atoms with Gasteiger partial charge in [-0.2, -0.15) is 0 Å². The van der Waals surface area contributed by atoms with Crippen LogP contribution in [0.3, 0.4) is 0 Å². The third-order valence-electron chi connectivity index (χ3n) is 4.90. The fourth-order valence-electron chi connectivity index (χ4n) is 3.89. The molecule has 110 valence electrons. The van der Waals surface area contributed by atoms with Crippen molar-refractivity contribution in [2.24, 2.45) is 17.8 Å². The molecule has 2 nitrogen and oxygen atoms in total. The van der Waals surface area contributed by atoms with Crippen molar-refractivity contribution in [3.63, 3.8) is 0 Å². The van der Waals surface area contributed by atoms with Gasteiger partial charge in [-0.25, -0.2) is 0 Å². The van der Waals surface area contributed by atoms with E-state index in [1.54, 1.807) is 7.11 Å². The third kappa shape index (κ3) is 3.98. The molecule has 0 N–H and O–H groups in total. The maximum Gasteiger partial charge on any atom is 0.0788 e. The van der Waals surface area contributed by atoms with Crippen molar-refractivity contribution in [1.29, 1.82) is 0 Å². The van der Waals surface area contributed by atoms with Crippen molar-refractivity contribution in [3.8, 4) is 0 Å². The Morgan fingerprint density at radius 1 is 1.05 bits per heavy atom. The molecular formula is C17H30O2. The summed E-state index contributed by atoms with van der Waals surface area (Å²) < 4.78 is 11.3. The summed E-state index contributed by atoms with van der Waals surface area (Å²) in [6.45, 7) is 3.22. The van der Waals surface area contributed by atoms with E-state index in [4.69, 9.17) is 9.47 Å². The summed E-state index contributed by atoms with van der Waals surface area (Å²) in [5.41, 5.74) is 0. The first kappa shape index (κ1) is 14.9. The van der Waals surface area contributed by atoms with Crippen molar-refractivity contribution in [1.82, 2.24) is 0 Å². The molecule has 0 amide bonds. The quantitative estimate of drug-likeness (QED) is 0.450. The van der Waals surface area contributed by atoms with Gasteiger partial charge in [0.2, 0.25) is 0 Å². The summed E-state index contributed by atoms with van der Waals surface area (Å²) in [5, 5.41) is 0. The van der Waals surface area contributed by atoms with Gasteiger partial charge in [0, 0.05) is 12.5 Å². The van der Waals surface area contributed by atoms with Crippen molar-refractivity contribution in [2.75, 3.05) is 13.7 Å². The van der Waals surface area contributed by atoms with Crippen molar-refractivity contribution in [2.45, 2.75) is 64.4 Å². The summed E-state index contributed by atoms with van der Waals surface area (Å²) in [5.74, 6) is 2.27. The molecule has 2 aliphatic rings. The lowest BCUT2D eigenvalue weighted by Crippen LogP contribution is -2.29. The molecule has 0 aromatic carbocycles. The van der Waals surface area contributed by atoms with Gasteiger partial charge in [0.1, 0.15) is 0 Å². The van der Waals surface area contributed by atoms with Gasteiger partial charge in [-0.3, -0.25) is 0 Å². The number of hydrogen-bond donors (Lipinski definition) is 0. The highest BCUT2D eigenvalue weighted by atomic mass is 16.5. The molecule has 4 atom stereocenters. The van der Waals surface area contributed by atoms with Crippen LogP contribution in [0.5, 0.6) is 0 Å². The first-order valence-electron chi connectivity index (χ1n) is 8.18. The van der Waals surface area contributed by atoms with Crippen LogP contribution < -0.4 is 0 Å². The van der Waals surface area contributed by atoms with Gasteiger partial charge in [-0.05, 0) is 43.6 Å². The van der Waals surface area contributed by atoms with Gasteiger partial charge >= 0.3 is 0 Å². The number of methoxy groups -OCH3 is 1. The summed E-state index contributed by atoms with van der Waals surface area (Å²) in [7, 11) is 1.73. The molecule has 0 saturated heterocycles. The molecule has 0 radical (unpaired) electrons. The zero-order valence-electron chi connectivity index (χ0n) is 12.6. The second kappa shape index (κ2) is 7.94. The topological polar surface area (TPSA) is 18.5 Å². The first-order valence-corrected chi connectivity index (χ1v) is 8.18. The van der Waals surface area contributed by atoms with Crippen LogP contribution in [0.25, 0.3) is 0 Å². The van der Waals surface area contributed by atoms with E-state index >= 15 is 0 Å². The van der Waals surface area contributed by atoms with Crippen LogP contribution in [0.4, 0.5) is 0 Å². The Balaban J connectivity index is 1.70. The molecule has 19 heavy (non-hydrogen) atoms. The van der Waals surface area contributed by atoms with Crippen LogP contribution in [0.2, 0.25) is 0 Å². The Labute approximate surface area is 118 Å². The van der Waals surface area contributed by atoms with Gasteiger partial charge in [0.05, 0.1) is 19.5 Å². The highest BCUT2D eigenvalue weighted by molar-refractivity contribution is 5.05. The minimum atomic E-state index is 0.469. The molecule has 2 heteroatoms. The maximum absolute atomic E-state index is 6.22. The predicted molar refractivity (Wildman–Crippen MR) is 79.0 cm³/mol. The standard InChI is InChI=1S/C17H30O2/c1-3-4-5-6-7-11-19-17-15-9-8-14(13-15)16(17)10-12-18-2/h10,12,14-17H,3-9,11,13H2,1-2H3/b12-10+/t14-,15+,16-,17-/m0/s1. The highest BCUT2D eigenvalue weighted by Gasteiger charge is 2.46. The summed E-state index contributed by atoms with van der Waals surface area (Å²) in [6, 6.07) is 0. The third-order valence-corrected chi connectivity index (χ3v) is 4.90. The number of ether oxygens (including phenoxy) is 2. The van der Waals surface area contributed by atoms with E-state index in [1.165, 1.54) is 51.4 Å². The van der Waals surface area contributed by atoms with E-state index in [0.29, 0.717) is 12.0 Å². The molecule has 0 spiro atoms. The van der Waals surface area contributed by atoms with Crippen LogP contribution in [0, 0.1) is 17.8 Å². The predicted octanol–water partition coefficient (Wildman–Crippen LogP) is 4.55. The van der Waals surface area contributed by atoms with E-state index in [1.807, 2.05) is 6.26 Å². The van der Waals surface area contributed by atoms with E-state index < -0.39 is 0 Å². The van der Waals surface area contributed by atoms with Crippen molar-refractivity contribution < 1.29 is 9.47 Å². The lowest BCUT2D eigenvalue weighted by atomic mass is 9.86. The van der Waals surface area contributed by atoms with E-state index in [9.17, 15) is 0 Å².